The topological polar surface area (TPSA) is 88.7 Å². The molecule has 1 aromatic rings. The van der Waals surface area contributed by atoms with Gasteiger partial charge in [-0.2, -0.15) is 0 Å². The van der Waals surface area contributed by atoms with Crippen molar-refractivity contribution >= 4 is 23.4 Å². The van der Waals surface area contributed by atoms with Gasteiger partial charge in [0.15, 0.2) is 6.61 Å². The maximum Gasteiger partial charge on any atom is 0.258 e. The van der Waals surface area contributed by atoms with E-state index in [-0.39, 0.29) is 52.8 Å². The molecule has 9 heteroatoms. The Kier molecular flexibility index (Phi) is 5.11. The van der Waals surface area contributed by atoms with Gasteiger partial charge in [-0.3, -0.25) is 14.4 Å². The molecule has 3 atom stereocenters. The summed E-state index contributed by atoms with van der Waals surface area (Å²) in [6.45, 7) is 0.355. The van der Waals surface area contributed by atoms with E-state index in [1.165, 1.54) is 12.1 Å². The lowest BCUT2D eigenvalue weighted by molar-refractivity contribution is -0.128. The largest absolute Gasteiger partial charge is 0.484 e. The molecule has 0 spiro atoms. The van der Waals surface area contributed by atoms with Crippen molar-refractivity contribution < 1.29 is 23.6 Å². The van der Waals surface area contributed by atoms with E-state index in [1.807, 2.05) is 0 Å². The average molecular weight is 438 g/mol. The average Bonchev–Trinajstić information content (AvgIpc) is 3.17. The van der Waals surface area contributed by atoms with Gasteiger partial charge in [-0.25, -0.2) is 9.87 Å². The number of halogens is 2. The van der Waals surface area contributed by atoms with E-state index in [0.717, 1.165) is 38.2 Å². The second-order valence-corrected chi connectivity index (χ2v) is 9.46. The zero-order valence-electron chi connectivity index (χ0n) is 16.5. The zero-order valence-corrected chi connectivity index (χ0v) is 17.2. The summed E-state index contributed by atoms with van der Waals surface area (Å²) < 4.78 is 18.8. The molecule has 5 aliphatic rings. The molecule has 4 aliphatic carbocycles. The van der Waals surface area contributed by atoms with Gasteiger partial charge in [0.1, 0.15) is 11.6 Å². The monoisotopic (exact) mass is 437 g/mol. The van der Waals surface area contributed by atoms with Crippen LogP contribution >= 0.6 is 11.6 Å². The smallest absolute Gasteiger partial charge is 0.258 e. The summed E-state index contributed by atoms with van der Waals surface area (Å²) in [5.41, 5.74) is 2.59. The molecular formula is C21H25ClFN3O4. The fraction of sp³-hybridized carbons (Fsp3) is 0.619. The number of hydrogen-bond donors (Lipinski definition) is 3. The third-order valence-electron chi connectivity index (χ3n) is 6.82. The Balaban J connectivity index is 1.10. The standard InChI is InChI=1S/C21H25ClFN3O4/c22-15-4-3-13(5-16(15)23)29-10-18(27)26-21-6-12(7-21)17(8-21)25-20(28)14-9-24-30-19(14)11-1-2-11/h3-5,11-12,14,17,19,24H,1-2,6-10H2,(H,25,28)(H,26,27)/t12?,14?,17-,19?,21?/m0/s1. The van der Waals surface area contributed by atoms with Gasteiger partial charge >= 0.3 is 0 Å². The highest BCUT2D eigenvalue weighted by Crippen LogP contribution is 2.52. The molecule has 1 saturated heterocycles. The molecule has 3 N–H and O–H groups in total. The number of nitrogens with one attached hydrogen (secondary N) is 3. The number of hydrogen-bond acceptors (Lipinski definition) is 5. The Labute approximate surface area is 179 Å². The van der Waals surface area contributed by atoms with E-state index < -0.39 is 5.82 Å². The number of amides is 2. The van der Waals surface area contributed by atoms with Gasteiger partial charge in [0.2, 0.25) is 5.91 Å². The van der Waals surface area contributed by atoms with Crippen LogP contribution in [-0.4, -0.2) is 42.7 Å². The Morgan fingerprint density at radius 1 is 1.27 bits per heavy atom. The van der Waals surface area contributed by atoms with Crippen molar-refractivity contribution in [2.24, 2.45) is 17.8 Å². The third-order valence-corrected chi connectivity index (χ3v) is 7.13. The van der Waals surface area contributed by atoms with Crippen molar-refractivity contribution in [3.8, 4) is 5.75 Å². The van der Waals surface area contributed by atoms with Crippen LogP contribution in [0.1, 0.15) is 32.1 Å². The molecule has 1 aromatic carbocycles. The molecule has 1 aliphatic heterocycles. The Bertz CT molecular complexity index is 859. The van der Waals surface area contributed by atoms with E-state index in [2.05, 4.69) is 16.1 Å². The molecule has 2 unspecified atom stereocenters. The van der Waals surface area contributed by atoms with Crippen molar-refractivity contribution in [3.05, 3.63) is 29.0 Å². The van der Waals surface area contributed by atoms with Crippen LogP contribution < -0.4 is 20.9 Å². The van der Waals surface area contributed by atoms with Crippen LogP contribution in [0.2, 0.25) is 5.02 Å². The molecule has 2 bridgehead atoms. The van der Waals surface area contributed by atoms with Crippen LogP contribution in [0, 0.1) is 23.6 Å². The van der Waals surface area contributed by atoms with Crippen LogP contribution in [0.4, 0.5) is 4.39 Å². The number of fused-ring (bicyclic) bond motifs is 1. The van der Waals surface area contributed by atoms with E-state index in [0.29, 0.717) is 18.4 Å². The Hall–Kier alpha value is -1.90. The molecule has 2 amide bonds. The van der Waals surface area contributed by atoms with Crippen molar-refractivity contribution in [3.63, 3.8) is 0 Å². The molecule has 0 radical (unpaired) electrons. The van der Waals surface area contributed by atoms with E-state index >= 15 is 0 Å². The summed E-state index contributed by atoms with van der Waals surface area (Å²) in [5.74, 6) is 0.195. The van der Waals surface area contributed by atoms with E-state index in [9.17, 15) is 14.0 Å². The third kappa shape index (κ3) is 3.88. The van der Waals surface area contributed by atoms with Crippen LogP contribution in [0.5, 0.6) is 5.75 Å². The molecule has 0 aromatic heterocycles. The van der Waals surface area contributed by atoms with Crippen molar-refractivity contribution in [2.75, 3.05) is 13.2 Å². The second kappa shape index (κ2) is 7.66. The van der Waals surface area contributed by atoms with Crippen LogP contribution in [0.3, 0.4) is 0 Å². The summed E-state index contributed by atoms with van der Waals surface area (Å²) in [6, 6.07) is 4.14. The molecule has 6 rings (SSSR count). The molecule has 7 nitrogen and oxygen atoms in total. The van der Waals surface area contributed by atoms with Gasteiger partial charge in [-0.05, 0) is 56.1 Å². The van der Waals surface area contributed by atoms with E-state index in [4.69, 9.17) is 21.2 Å². The number of rotatable bonds is 7. The van der Waals surface area contributed by atoms with Gasteiger partial charge in [-0.15, -0.1) is 0 Å². The fourth-order valence-electron chi connectivity index (χ4n) is 5.17. The van der Waals surface area contributed by atoms with Gasteiger partial charge in [0, 0.05) is 24.2 Å². The summed E-state index contributed by atoms with van der Waals surface area (Å²) in [4.78, 5) is 30.7. The summed E-state index contributed by atoms with van der Waals surface area (Å²) in [6.07, 6.45) is 4.66. The molecule has 4 saturated carbocycles. The van der Waals surface area contributed by atoms with Crippen LogP contribution in [0.25, 0.3) is 0 Å². The summed E-state index contributed by atoms with van der Waals surface area (Å²) in [7, 11) is 0. The number of carbonyl (C=O) groups is 2. The van der Waals surface area contributed by atoms with Gasteiger partial charge in [-0.1, -0.05) is 11.6 Å². The lowest BCUT2D eigenvalue weighted by Crippen LogP contribution is -2.53. The molecular weight excluding hydrogens is 413 g/mol. The summed E-state index contributed by atoms with van der Waals surface area (Å²) in [5, 5.41) is 6.26. The number of carbonyl (C=O) groups excluding carboxylic acids is 2. The molecule has 5 fully saturated rings. The highest BCUT2D eigenvalue weighted by atomic mass is 35.5. The second-order valence-electron chi connectivity index (χ2n) is 9.06. The maximum absolute atomic E-state index is 13.5. The van der Waals surface area contributed by atoms with Gasteiger partial charge < -0.3 is 15.4 Å². The minimum absolute atomic E-state index is 0.00800. The number of benzene rings is 1. The van der Waals surface area contributed by atoms with Crippen LogP contribution in [0.15, 0.2) is 18.2 Å². The minimum atomic E-state index is -0.587. The zero-order chi connectivity index (χ0) is 20.9. The van der Waals surface area contributed by atoms with Crippen molar-refractivity contribution in [2.45, 2.75) is 49.8 Å². The molecule has 30 heavy (non-hydrogen) atoms. The van der Waals surface area contributed by atoms with Gasteiger partial charge in [0.05, 0.1) is 17.0 Å². The maximum atomic E-state index is 13.5. The van der Waals surface area contributed by atoms with Crippen LogP contribution in [-0.2, 0) is 14.4 Å². The number of ether oxygens (including phenoxy) is 1. The molecule has 162 valence electrons. The first-order chi connectivity index (χ1) is 14.4. The lowest BCUT2D eigenvalue weighted by atomic mass is 9.76. The first kappa shape index (κ1) is 20.0. The fourth-order valence-corrected chi connectivity index (χ4v) is 5.28. The van der Waals surface area contributed by atoms with Crippen molar-refractivity contribution in [1.29, 1.82) is 0 Å². The molecule has 1 heterocycles. The van der Waals surface area contributed by atoms with Crippen molar-refractivity contribution in [1.82, 2.24) is 16.1 Å². The lowest BCUT2D eigenvalue weighted by Gasteiger charge is -2.39. The van der Waals surface area contributed by atoms with E-state index in [1.54, 1.807) is 0 Å². The summed E-state index contributed by atoms with van der Waals surface area (Å²) >= 11 is 5.65. The highest BCUT2D eigenvalue weighted by molar-refractivity contribution is 6.30. The minimum Gasteiger partial charge on any atom is -0.484 e. The highest BCUT2D eigenvalue weighted by Gasteiger charge is 2.57. The predicted molar refractivity (Wildman–Crippen MR) is 106 cm³/mol. The van der Waals surface area contributed by atoms with Gasteiger partial charge in [0.25, 0.3) is 5.91 Å². The quantitative estimate of drug-likeness (QED) is 0.606. The normalized spacial score (nSPS) is 34.3. The first-order valence-corrected chi connectivity index (χ1v) is 10.9. The Morgan fingerprint density at radius 2 is 2.07 bits per heavy atom. The Morgan fingerprint density at radius 3 is 2.80 bits per heavy atom. The first-order valence-electron chi connectivity index (χ1n) is 10.5. The number of hydroxylamine groups is 1. The predicted octanol–water partition coefficient (Wildman–Crippen LogP) is 1.94. The SMILES string of the molecule is O=C(COc1ccc(Cl)c(F)c1)NC12CC(C1)[C@@H](NC(=O)C1CNOC1C1CC1)C2.